The number of hydrogen-bond donors (Lipinski definition) is 4. The predicted molar refractivity (Wildman–Crippen MR) is 238 cm³/mol. The Kier molecular flexibility index (Phi) is 11.5. The van der Waals surface area contributed by atoms with Crippen molar-refractivity contribution in [2.24, 2.45) is 0 Å². The molecule has 4 aromatic carbocycles. The number of benzene rings is 4. The predicted octanol–water partition coefficient (Wildman–Crippen LogP) is 7.57. The maximum absolute atomic E-state index is 12.9. The van der Waals surface area contributed by atoms with E-state index in [9.17, 15) is 51.9 Å². The molecule has 7 aromatic rings. The van der Waals surface area contributed by atoms with E-state index < -0.39 is 60.1 Å². The Hall–Kier alpha value is -6.36. The fraction of sp³-hybridized carbons (Fsp3) is 0. The normalized spacial score (nSPS) is 12.9. The van der Waals surface area contributed by atoms with Crippen LogP contribution in [-0.4, -0.2) is 61.9 Å². The van der Waals surface area contributed by atoms with E-state index in [4.69, 9.17) is 19.9 Å². The third-order valence-corrected chi connectivity index (χ3v) is 14.0. The van der Waals surface area contributed by atoms with Gasteiger partial charge in [0.25, 0.3) is 40.5 Å². The summed E-state index contributed by atoms with van der Waals surface area (Å²) in [6, 6.07) is 27.9. The molecule has 0 fully saturated rings. The first-order valence-corrected chi connectivity index (χ1v) is 24.4. The molecule has 0 atom stereocenters. The number of nitrogens with zero attached hydrogens (tertiary/aromatic N) is 4. The van der Waals surface area contributed by atoms with Crippen molar-refractivity contribution in [1.29, 1.82) is 0 Å². The monoisotopic (exact) mass is 995 g/mol. The smallest absolute Gasteiger partial charge is 0.657 e. The van der Waals surface area contributed by atoms with Crippen LogP contribution in [0.25, 0.3) is 90.9 Å². The molecule has 0 amide bonds. The molecule has 1 radical (unpaired) electrons. The Morgan fingerprint density at radius 1 is 0.323 bits per heavy atom. The van der Waals surface area contributed by atoms with Gasteiger partial charge in [0.1, 0.15) is 19.6 Å². The number of rotatable bonds is 8. The maximum Gasteiger partial charge on any atom is 2.00 e. The standard InChI is InChI=1S/C44H28N4O12S4.Cu/c49-61(50,51)37-13-5-1-9-25(37)41-29-17-19-31(45-29)42(26-10-2-6-14-38(26)62(52,53)54)33-21-23-35(47-33)44(28-12-4-8-16-40(28)64(58,59)60)36-24-22-34(48-36)43(32-20-18-30(41)46-32)27-11-3-7-15-39(27)63(55,56)57;/h1-24H,(H,49,50,51)(H,52,53,54)(H,55,56,57)(H,58,59,60);/q-2;+2. The number of aromatic nitrogens is 4. The van der Waals surface area contributed by atoms with E-state index in [1.54, 1.807) is 0 Å². The van der Waals surface area contributed by atoms with Crippen molar-refractivity contribution in [2.75, 3.05) is 0 Å². The van der Waals surface area contributed by atoms with Crippen LogP contribution >= 0.6 is 0 Å². The van der Waals surface area contributed by atoms with Crippen LogP contribution in [-0.2, 0) is 57.5 Å². The summed E-state index contributed by atoms with van der Waals surface area (Å²) in [5.74, 6) is 0. The summed E-state index contributed by atoms with van der Waals surface area (Å²) in [5, 5.41) is 0. The zero-order valence-electron chi connectivity index (χ0n) is 32.6. The van der Waals surface area contributed by atoms with Gasteiger partial charge < -0.3 is 9.97 Å². The Morgan fingerprint density at radius 2 is 0.523 bits per heavy atom. The summed E-state index contributed by atoms with van der Waals surface area (Å²) in [5.41, 5.74) is 0.410. The SMILES string of the molecule is O=S(=O)(O)c1ccccc1-c1c2nc(c(-c3ccccc3S(=O)(=O)O)c3ccc([n-]3)c(-c3ccccc3S(=O)(=O)O)c3nc(c(-c4ccccc4S(=O)(=O)O)c4ccc1[n-]4)C=C3)C=C2.[Cu+2]. The largest absolute Gasteiger partial charge is 2.00 e. The van der Waals surface area contributed by atoms with Gasteiger partial charge in [-0.15, -0.1) is 22.1 Å². The molecule has 5 heterocycles. The van der Waals surface area contributed by atoms with Gasteiger partial charge in [0.05, 0.1) is 22.8 Å². The number of hydrogen-bond acceptors (Lipinski definition) is 10. The van der Waals surface area contributed by atoms with Crippen LogP contribution in [0.15, 0.2) is 141 Å². The fourth-order valence-corrected chi connectivity index (χ4v) is 10.6. The summed E-state index contributed by atoms with van der Waals surface area (Å²) in [6.07, 6.45) is 5.95. The summed E-state index contributed by atoms with van der Waals surface area (Å²) in [4.78, 5) is 17.4. The summed E-state index contributed by atoms with van der Waals surface area (Å²) in [6.45, 7) is 0. The first kappa shape index (κ1) is 45.2. The second-order valence-electron chi connectivity index (χ2n) is 14.2. The van der Waals surface area contributed by atoms with E-state index in [-0.39, 0.29) is 106 Å². The average Bonchev–Trinajstić information content (AvgIpc) is 4.08. The summed E-state index contributed by atoms with van der Waals surface area (Å²) >= 11 is 0. The van der Waals surface area contributed by atoms with Crippen molar-refractivity contribution >= 4 is 86.8 Å². The fourth-order valence-electron chi connectivity index (χ4n) is 7.78. The van der Waals surface area contributed by atoms with Crippen molar-refractivity contribution in [3.8, 4) is 44.5 Å². The van der Waals surface area contributed by atoms with E-state index in [0.29, 0.717) is 0 Å². The van der Waals surface area contributed by atoms with E-state index in [1.807, 2.05) is 0 Å². The van der Waals surface area contributed by atoms with E-state index in [0.717, 1.165) is 0 Å². The minimum absolute atomic E-state index is 0. The zero-order chi connectivity index (χ0) is 45.3. The van der Waals surface area contributed by atoms with Gasteiger partial charge in [-0.25, -0.2) is 9.97 Å². The summed E-state index contributed by atoms with van der Waals surface area (Å²) < 4.78 is 145. The second-order valence-corrected chi connectivity index (χ2v) is 19.8. The molecular weight excluding hydrogens is 968 g/mol. The molecule has 3 aromatic heterocycles. The molecule has 2 aliphatic rings. The molecular formula is C44H28CuN4O12S4. The van der Waals surface area contributed by atoms with Crippen LogP contribution in [0.1, 0.15) is 22.8 Å². The van der Waals surface area contributed by atoms with Gasteiger partial charge in [0.2, 0.25) is 0 Å². The topological polar surface area (TPSA) is 271 Å². The molecule has 21 heteroatoms. The molecule has 2 aliphatic heterocycles. The van der Waals surface area contributed by atoms with E-state index in [2.05, 4.69) is 0 Å². The molecule has 9 rings (SSSR count). The van der Waals surface area contributed by atoms with Gasteiger partial charge >= 0.3 is 17.1 Å². The van der Waals surface area contributed by atoms with Gasteiger partial charge in [0.15, 0.2) is 0 Å². The minimum Gasteiger partial charge on any atom is -0.657 e. The molecule has 4 N–H and O–H groups in total. The molecule has 0 unspecified atom stereocenters. The third kappa shape index (κ3) is 8.41. The van der Waals surface area contributed by atoms with Crippen LogP contribution < -0.4 is 9.97 Å². The molecule has 0 saturated carbocycles. The van der Waals surface area contributed by atoms with Crippen molar-refractivity contribution in [3.63, 3.8) is 0 Å². The Bertz CT molecular complexity index is 3370. The minimum atomic E-state index is -4.90. The Labute approximate surface area is 381 Å². The molecule has 8 bridgehead atoms. The zero-order valence-corrected chi connectivity index (χ0v) is 36.8. The first-order valence-electron chi connectivity index (χ1n) is 18.6. The van der Waals surface area contributed by atoms with Crippen molar-refractivity contribution < 1.29 is 69.0 Å². The molecule has 16 nitrogen and oxygen atoms in total. The Balaban J connectivity index is 0.00000576. The van der Waals surface area contributed by atoms with E-state index in [1.165, 1.54) is 146 Å². The third-order valence-electron chi connectivity index (χ3n) is 10.3. The number of fused-ring (bicyclic) bond motifs is 8. The average molecular weight is 997 g/mol. The molecule has 0 saturated heterocycles. The molecule has 65 heavy (non-hydrogen) atoms. The van der Waals surface area contributed by atoms with Crippen molar-refractivity contribution in [3.05, 3.63) is 144 Å². The second kappa shape index (κ2) is 16.6. The van der Waals surface area contributed by atoms with Gasteiger partial charge in [0, 0.05) is 22.3 Å². The summed E-state index contributed by atoms with van der Waals surface area (Å²) in [7, 11) is -19.6. The van der Waals surface area contributed by atoms with Crippen LogP contribution in [0, 0.1) is 0 Å². The van der Waals surface area contributed by atoms with Gasteiger partial charge in [-0.3, -0.25) is 18.2 Å². The first-order chi connectivity index (χ1) is 30.3. The van der Waals surface area contributed by atoms with Gasteiger partial charge in [-0.1, -0.05) is 97.1 Å². The maximum atomic E-state index is 12.9. The van der Waals surface area contributed by atoms with Crippen LogP contribution in [0.4, 0.5) is 0 Å². The van der Waals surface area contributed by atoms with Crippen LogP contribution in [0.2, 0.25) is 0 Å². The van der Waals surface area contributed by atoms with Crippen LogP contribution in [0.5, 0.6) is 0 Å². The molecule has 0 spiro atoms. The van der Waals surface area contributed by atoms with Crippen molar-refractivity contribution in [2.45, 2.75) is 19.6 Å². The van der Waals surface area contributed by atoms with Crippen LogP contribution in [0.3, 0.4) is 0 Å². The Morgan fingerprint density at radius 3 is 0.723 bits per heavy atom. The van der Waals surface area contributed by atoms with Crippen molar-refractivity contribution in [1.82, 2.24) is 19.9 Å². The van der Waals surface area contributed by atoms with E-state index >= 15 is 0 Å². The quantitative estimate of drug-likeness (QED) is 0.0844. The molecule has 0 aliphatic carbocycles. The van der Waals surface area contributed by atoms with Gasteiger partial charge in [-0.05, 0) is 70.8 Å². The van der Waals surface area contributed by atoms with Gasteiger partial charge in [-0.2, -0.15) is 33.7 Å². The molecule has 331 valence electrons.